The van der Waals surface area contributed by atoms with E-state index in [1.165, 1.54) is 0 Å². The molecule has 2 aromatic rings. The quantitative estimate of drug-likeness (QED) is 0.792. The Morgan fingerprint density at radius 2 is 1.70 bits per heavy atom. The molecule has 3 rings (SSSR count). The standard InChI is InChI=1S/C16H22ClN5S/c1-3-20-8-10-21(11-9-20)12-22-16(23)19(2)15(18-22)13-4-6-14(17)7-5-13/h4-7H,3,8-12H2,1-2H3. The molecule has 0 atom stereocenters. The molecule has 1 aromatic heterocycles. The van der Waals surface area contributed by atoms with E-state index in [0.717, 1.165) is 60.6 Å². The minimum absolute atomic E-state index is 0.725. The Hall–Kier alpha value is -1.21. The molecule has 7 heteroatoms. The van der Waals surface area contributed by atoms with Crippen molar-refractivity contribution < 1.29 is 0 Å². The fourth-order valence-corrected chi connectivity index (χ4v) is 3.18. The first-order valence-electron chi connectivity index (χ1n) is 7.93. The Bertz CT molecular complexity index is 713. The lowest BCUT2D eigenvalue weighted by Crippen LogP contribution is -2.46. The second-order valence-electron chi connectivity index (χ2n) is 5.87. The monoisotopic (exact) mass is 351 g/mol. The first-order chi connectivity index (χ1) is 11.1. The van der Waals surface area contributed by atoms with Gasteiger partial charge in [0.25, 0.3) is 0 Å². The highest BCUT2D eigenvalue weighted by Gasteiger charge is 2.17. The summed E-state index contributed by atoms with van der Waals surface area (Å²) in [6.45, 7) is 8.42. The Labute approximate surface area is 147 Å². The Morgan fingerprint density at radius 1 is 1.09 bits per heavy atom. The van der Waals surface area contributed by atoms with Gasteiger partial charge in [-0.2, -0.15) is 5.10 Å². The van der Waals surface area contributed by atoms with E-state index in [0.29, 0.717) is 0 Å². The van der Waals surface area contributed by atoms with Gasteiger partial charge in [0.05, 0.1) is 6.67 Å². The molecule has 1 saturated heterocycles. The number of rotatable bonds is 4. The van der Waals surface area contributed by atoms with E-state index < -0.39 is 0 Å². The Balaban J connectivity index is 1.78. The summed E-state index contributed by atoms with van der Waals surface area (Å²) in [5.74, 6) is 0.874. The Kier molecular flexibility index (Phi) is 5.16. The van der Waals surface area contributed by atoms with Gasteiger partial charge in [-0.25, -0.2) is 4.68 Å². The highest BCUT2D eigenvalue weighted by Crippen LogP contribution is 2.20. The van der Waals surface area contributed by atoms with Crippen molar-refractivity contribution in [2.75, 3.05) is 32.7 Å². The van der Waals surface area contributed by atoms with Crippen LogP contribution in [0.15, 0.2) is 24.3 Å². The van der Waals surface area contributed by atoms with Crippen molar-refractivity contribution in [2.45, 2.75) is 13.6 Å². The van der Waals surface area contributed by atoms with E-state index in [9.17, 15) is 0 Å². The highest BCUT2D eigenvalue weighted by atomic mass is 35.5. The average Bonchev–Trinajstić information content (AvgIpc) is 2.85. The molecule has 23 heavy (non-hydrogen) atoms. The summed E-state index contributed by atoms with van der Waals surface area (Å²) in [5.41, 5.74) is 1.03. The molecular formula is C16H22ClN5S. The van der Waals surface area contributed by atoms with Crippen molar-refractivity contribution in [1.29, 1.82) is 0 Å². The first-order valence-corrected chi connectivity index (χ1v) is 8.71. The zero-order valence-electron chi connectivity index (χ0n) is 13.6. The van der Waals surface area contributed by atoms with Crippen molar-refractivity contribution in [2.24, 2.45) is 7.05 Å². The summed E-state index contributed by atoms with van der Waals surface area (Å²) in [6.07, 6.45) is 0. The number of hydrogen-bond acceptors (Lipinski definition) is 4. The fraction of sp³-hybridized carbons (Fsp3) is 0.500. The summed E-state index contributed by atoms with van der Waals surface area (Å²) >= 11 is 11.5. The van der Waals surface area contributed by atoms with E-state index in [1.54, 1.807) is 0 Å². The molecule has 0 bridgehead atoms. The van der Waals surface area contributed by atoms with E-state index in [-0.39, 0.29) is 0 Å². The van der Waals surface area contributed by atoms with E-state index in [2.05, 4.69) is 16.7 Å². The van der Waals surface area contributed by atoms with Crippen LogP contribution in [0.5, 0.6) is 0 Å². The van der Waals surface area contributed by atoms with Gasteiger partial charge in [0.15, 0.2) is 10.6 Å². The summed E-state index contributed by atoms with van der Waals surface area (Å²) in [6, 6.07) is 7.71. The minimum atomic E-state index is 0.725. The summed E-state index contributed by atoms with van der Waals surface area (Å²) < 4.78 is 4.62. The minimum Gasteiger partial charge on any atom is -0.303 e. The molecule has 0 N–H and O–H groups in total. The molecule has 0 aliphatic carbocycles. The molecule has 0 radical (unpaired) electrons. The predicted molar refractivity (Wildman–Crippen MR) is 96.2 cm³/mol. The SMILES string of the molecule is CCN1CCN(Cn2nc(-c3ccc(Cl)cc3)n(C)c2=S)CC1. The molecule has 0 unspecified atom stereocenters. The second kappa shape index (κ2) is 7.13. The maximum absolute atomic E-state index is 5.96. The molecule has 0 spiro atoms. The number of aromatic nitrogens is 3. The number of piperazine rings is 1. The van der Waals surface area contributed by atoms with Crippen LogP contribution in [-0.4, -0.2) is 56.9 Å². The van der Waals surface area contributed by atoms with Gasteiger partial charge in [-0.3, -0.25) is 4.90 Å². The molecule has 1 aromatic carbocycles. The van der Waals surface area contributed by atoms with Crippen molar-refractivity contribution in [3.63, 3.8) is 0 Å². The normalized spacial score (nSPS) is 16.8. The maximum atomic E-state index is 5.96. The third-order valence-corrected chi connectivity index (χ3v) is 5.13. The van der Waals surface area contributed by atoms with Crippen molar-refractivity contribution >= 4 is 23.8 Å². The lowest BCUT2D eigenvalue weighted by molar-refractivity contribution is 0.106. The van der Waals surface area contributed by atoms with E-state index in [4.69, 9.17) is 28.9 Å². The van der Waals surface area contributed by atoms with Gasteiger partial charge >= 0.3 is 0 Å². The molecule has 2 heterocycles. The number of hydrogen-bond donors (Lipinski definition) is 0. The molecule has 0 amide bonds. The van der Waals surface area contributed by atoms with Crippen molar-refractivity contribution in [3.8, 4) is 11.4 Å². The third kappa shape index (κ3) is 3.66. The zero-order valence-corrected chi connectivity index (χ0v) is 15.1. The van der Waals surface area contributed by atoms with Crippen LogP contribution in [0.3, 0.4) is 0 Å². The lowest BCUT2D eigenvalue weighted by Gasteiger charge is -2.33. The van der Waals surface area contributed by atoms with Crippen LogP contribution in [0.25, 0.3) is 11.4 Å². The van der Waals surface area contributed by atoms with Gasteiger partial charge in [0, 0.05) is 43.8 Å². The van der Waals surface area contributed by atoms with Crippen molar-refractivity contribution in [3.05, 3.63) is 34.1 Å². The Morgan fingerprint density at radius 3 is 2.30 bits per heavy atom. The zero-order chi connectivity index (χ0) is 16.4. The van der Waals surface area contributed by atoms with Crippen LogP contribution in [0, 0.1) is 4.77 Å². The number of benzene rings is 1. The largest absolute Gasteiger partial charge is 0.303 e. The molecule has 1 aliphatic rings. The fourth-order valence-electron chi connectivity index (χ4n) is 2.87. The molecule has 1 fully saturated rings. The van der Waals surface area contributed by atoms with Crippen LogP contribution in [0.2, 0.25) is 5.02 Å². The smallest absolute Gasteiger partial charge is 0.199 e. The number of likely N-dealkylation sites (N-methyl/N-ethyl adjacent to an activating group) is 1. The van der Waals surface area contributed by atoms with Crippen LogP contribution in [-0.2, 0) is 13.7 Å². The first kappa shape index (κ1) is 16.6. The van der Waals surface area contributed by atoms with Gasteiger partial charge in [-0.1, -0.05) is 18.5 Å². The molecule has 5 nitrogen and oxygen atoms in total. The summed E-state index contributed by atoms with van der Waals surface area (Å²) in [7, 11) is 1.96. The highest BCUT2D eigenvalue weighted by molar-refractivity contribution is 7.71. The number of halogens is 1. The van der Waals surface area contributed by atoms with E-state index in [1.807, 2.05) is 40.6 Å². The van der Waals surface area contributed by atoms with Gasteiger partial charge in [-0.05, 0) is 43.0 Å². The molecular weight excluding hydrogens is 330 g/mol. The maximum Gasteiger partial charge on any atom is 0.199 e. The van der Waals surface area contributed by atoms with Crippen LogP contribution in [0.4, 0.5) is 0 Å². The van der Waals surface area contributed by atoms with Gasteiger partial charge < -0.3 is 9.47 Å². The van der Waals surface area contributed by atoms with Crippen LogP contribution < -0.4 is 0 Å². The molecule has 0 saturated carbocycles. The average molecular weight is 352 g/mol. The van der Waals surface area contributed by atoms with Crippen LogP contribution >= 0.6 is 23.8 Å². The van der Waals surface area contributed by atoms with E-state index >= 15 is 0 Å². The summed E-state index contributed by atoms with van der Waals surface area (Å²) in [4.78, 5) is 4.87. The molecule has 124 valence electrons. The van der Waals surface area contributed by atoms with Crippen molar-refractivity contribution in [1.82, 2.24) is 24.1 Å². The lowest BCUT2D eigenvalue weighted by atomic mass is 10.2. The summed E-state index contributed by atoms with van der Waals surface area (Å²) in [5, 5.41) is 5.44. The second-order valence-corrected chi connectivity index (χ2v) is 6.67. The molecule has 1 aliphatic heterocycles. The van der Waals surface area contributed by atoms with Gasteiger partial charge in [-0.15, -0.1) is 0 Å². The number of nitrogens with zero attached hydrogens (tertiary/aromatic N) is 5. The predicted octanol–water partition coefficient (Wildman–Crippen LogP) is 2.87. The van der Waals surface area contributed by atoms with Gasteiger partial charge in [0.1, 0.15) is 0 Å². The van der Waals surface area contributed by atoms with Crippen LogP contribution in [0.1, 0.15) is 6.92 Å². The van der Waals surface area contributed by atoms with Gasteiger partial charge in [0.2, 0.25) is 0 Å². The third-order valence-electron chi connectivity index (χ3n) is 4.39. The topological polar surface area (TPSA) is 29.2 Å².